The highest BCUT2D eigenvalue weighted by Gasteiger charge is 2.33. The van der Waals surface area contributed by atoms with Crippen molar-refractivity contribution in [2.45, 2.75) is 45.6 Å². The molecule has 114 valence electrons. The van der Waals surface area contributed by atoms with Gasteiger partial charge in [0.25, 0.3) is 5.91 Å². The Morgan fingerprint density at radius 2 is 2.14 bits per heavy atom. The van der Waals surface area contributed by atoms with Crippen LogP contribution >= 0.6 is 0 Å². The lowest BCUT2D eigenvalue weighted by atomic mass is 9.73. The van der Waals surface area contributed by atoms with E-state index in [2.05, 4.69) is 19.2 Å². The van der Waals surface area contributed by atoms with E-state index < -0.39 is 16.4 Å². The first kappa shape index (κ1) is 15.4. The largest absolute Gasteiger partial charge is 0.349 e. The van der Waals surface area contributed by atoms with Gasteiger partial charge in [-0.1, -0.05) is 26.7 Å². The van der Waals surface area contributed by atoms with Gasteiger partial charge in [-0.05, 0) is 30.4 Å². The minimum atomic E-state index is -0.990. The van der Waals surface area contributed by atoms with Crippen LogP contribution < -0.4 is 5.32 Å². The van der Waals surface area contributed by atoms with Crippen molar-refractivity contribution in [3.63, 3.8) is 0 Å². The highest BCUT2D eigenvalue weighted by atomic mass is 19.1. The molecule has 1 aliphatic carbocycles. The number of nitro groups is 1. The molecule has 6 heteroatoms. The summed E-state index contributed by atoms with van der Waals surface area (Å²) >= 11 is 0. The second-order valence-corrected chi connectivity index (χ2v) is 6.18. The Morgan fingerprint density at radius 1 is 1.43 bits per heavy atom. The summed E-state index contributed by atoms with van der Waals surface area (Å²) in [6.07, 6.45) is 4.13. The normalized spacial score (nSPS) is 20.8. The van der Waals surface area contributed by atoms with Crippen molar-refractivity contribution in [1.29, 1.82) is 0 Å². The summed E-state index contributed by atoms with van der Waals surface area (Å²) in [6.45, 7) is 4.21. The van der Waals surface area contributed by atoms with Gasteiger partial charge in [0.2, 0.25) is 5.82 Å². The number of rotatable bonds is 3. The summed E-state index contributed by atoms with van der Waals surface area (Å²) in [5, 5.41) is 13.5. The van der Waals surface area contributed by atoms with Crippen molar-refractivity contribution in [3.8, 4) is 0 Å². The number of hydrogen-bond donors (Lipinski definition) is 1. The van der Waals surface area contributed by atoms with E-state index in [-0.39, 0.29) is 22.9 Å². The molecule has 5 nitrogen and oxygen atoms in total. The van der Waals surface area contributed by atoms with Gasteiger partial charge in [-0.2, -0.15) is 4.39 Å². The Hall–Kier alpha value is -1.98. The molecule has 1 saturated carbocycles. The third kappa shape index (κ3) is 3.37. The monoisotopic (exact) mass is 294 g/mol. The summed E-state index contributed by atoms with van der Waals surface area (Å²) in [6, 6.07) is 3.27. The Morgan fingerprint density at radius 3 is 2.71 bits per heavy atom. The van der Waals surface area contributed by atoms with Crippen LogP contribution in [-0.4, -0.2) is 16.9 Å². The van der Waals surface area contributed by atoms with Crippen molar-refractivity contribution < 1.29 is 14.1 Å². The molecule has 0 spiro atoms. The van der Waals surface area contributed by atoms with E-state index in [0.717, 1.165) is 37.8 Å². The smallest absolute Gasteiger partial charge is 0.304 e. The predicted molar refractivity (Wildman–Crippen MR) is 76.6 cm³/mol. The van der Waals surface area contributed by atoms with E-state index in [0.29, 0.717) is 0 Å². The molecule has 0 aromatic heterocycles. The molecule has 1 atom stereocenters. The second-order valence-electron chi connectivity index (χ2n) is 6.18. The molecule has 1 aromatic carbocycles. The van der Waals surface area contributed by atoms with Crippen LogP contribution in [0.3, 0.4) is 0 Å². The van der Waals surface area contributed by atoms with Gasteiger partial charge in [0.05, 0.1) is 4.92 Å². The lowest BCUT2D eigenvalue weighted by molar-refractivity contribution is -0.387. The van der Waals surface area contributed by atoms with Crippen molar-refractivity contribution in [3.05, 3.63) is 39.7 Å². The maximum atomic E-state index is 13.6. The number of carbonyl (C=O) groups excluding carboxylic acids is 1. The maximum absolute atomic E-state index is 13.6. The van der Waals surface area contributed by atoms with Crippen molar-refractivity contribution in [2.75, 3.05) is 0 Å². The maximum Gasteiger partial charge on any atom is 0.304 e. The zero-order chi connectivity index (χ0) is 15.6. The Kier molecular flexibility index (Phi) is 4.25. The average molecular weight is 294 g/mol. The van der Waals surface area contributed by atoms with Crippen LogP contribution in [0.5, 0.6) is 0 Å². The summed E-state index contributed by atoms with van der Waals surface area (Å²) in [5.74, 6) is -1.38. The van der Waals surface area contributed by atoms with Gasteiger partial charge in [0, 0.05) is 17.7 Å². The molecule has 0 saturated heterocycles. The Labute approximate surface area is 122 Å². The lowest BCUT2D eigenvalue weighted by Gasteiger charge is -2.39. The summed E-state index contributed by atoms with van der Waals surface area (Å²) in [5.41, 5.74) is -0.503. The molecule has 1 aliphatic rings. The van der Waals surface area contributed by atoms with Gasteiger partial charge in [-0.3, -0.25) is 14.9 Å². The van der Waals surface area contributed by atoms with Crippen LogP contribution in [0.2, 0.25) is 0 Å². The van der Waals surface area contributed by atoms with E-state index >= 15 is 0 Å². The summed E-state index contributed by atoms with van der Waals surface area (Å²) < 4.78 is 13.6. The van der Waals surface area contributed by atoms with E-state index in [1.54, 1.807) is 0 Å². The Bertz CT molecular complexity index is 572. The quantitative estimate of drug-likeness (QED) is 0.685. The van der Waals surface area contributed by atoms with Crippen LogP contribution in [0.25, 0.3) is 0 Å². The van der Waals surface area contributed by atoms with Crippen LogP contribution in [0.15, 0.2) is 18.2 Å². The fourth-order valence-electron chi connectivity index (χ4n) is 2.80. The third-order valence-corrected chi connectivity index (χ3v) is 4.22. The first-order chi connectivity index (χ1) is 9.81. The van der Waals surface area contributed by atoms with Gasteiger partial charge in [0.15, 0.2) is 0 Å². The SMILES string of the molecule is CC1(C)CCCCC1NC(=O)c1ccc([N+](=O)[O-])c(F)c1. The number of nitrogens with one attached hydrogen (secondary N) is 1. The van der Waals surface area contributed by atoms with Gasteiger partial charge in [-0.15, -0.1) is 0 Å². The number of nitrogens with zero attached hydrogens (tertiary/aromatic N) is 1. The number of amides is 1. The molecule has 1 fully saturated rings. The third-order valence-electron chi connectivity index (χ3n) is 4.22. The van der Waals surface area contributed by atoms with Crippen LogP contribution in [-0.2, 0) is 0 Å². The van der Waals surface area contributed by atoms with Gasteiger partial charge in [0.1, 0.15) is 0 Å². The van der Waals surface area contributed by atoms with Crippen LogP contribution in [0.1, 0.15) is 49.9 Å². The topological polar surface area (TPSA) is 72.2 Å². The molecule has 0 bridgehead atoms. The molecule has 1 aromatic rings. The first-order valence-electron chi connectivity index (χ1n) is 7.06. The number of benzene rings is 1. The average Bonchev–Trinajstić information content (AvgIpc) is 2.40. The van der Waals surface area contributed by atoms with E-state index in [1.807, 2.05) is 0 Å². The van der Waals surface area contributed by atoms with Crippen LogP contribution in [0.4, 0.5) is 10.1 Å². The van der Waals surface area contributed by atoms with E-state index in [1.165, 1.54) is 6.07 Å². The minimum Gasteiger partial charge on any atom is -0.349 e. The molecule has 0 heterocycles. The van der Waals surface area contributed by atoms with Crippen LogP contribution in [0, 0.1) is 21.3 Å². The zero-order valence-electron chi connectivity index (χ0n) is 12.2. The molecule has 2 rings (SSSR count). The number of hydrogen-bond acceptors (Lipinski definition) is 3. The van der Waals surface area contributed by atoms with E-state index in [9.17, 15) is 19.3 Å². The minimum absolute atomic E-state index is 0.00717. The second kappa shape index (κ2) is 5.79. The number of halogens is 1. The van der Waals surface area contributed by atoms with Gasteiger partial charge in [-0.25, -0.2) is 0 Å². The first-order valence-corrected chi connectivity index (χ1v) is 7.06. The van der Waals surface area contributed by atoms with Gasteiger partial charge < -0.3 is 5.32 Å². The van der Waals surface area contributed by atoms with Crippen molar-refractivity contribution in [2.24, 2.45) is 5.41 Å². The summed E-state index contributed by atoms with van der Waals surface area (Å²) in [4.78, 5) is 22.0. The highest BCUT2D eigenvalue weighted by Crippen LogP contribution is 2.35. The number of nitro benzene ring substituents is 1. The molecule has 21 heavy (non-hydrogen) atoms. The van der Waals surface area contributed by atoms with E-state index in [4.69, 9.17) is 0 Å². The molecule has 1 N–H and O–H groups in total. The molecular weight excluding hydrogens is 275 g/mol. The molecule has 0 radical (unpaired) electrons. The fourth-order valence-corrected chi connectivity index (χ4v) is 2.80. The molecular formula is C15H19FN2O3. The molecule has 0 aliphatic heterocycles. The standard InChI is InChI=1S/C15H19FN2O3/c1-15(2)8-4-3-5-13(15)17-14(19)10-6-7-12(18(20)21)11(16)9-10/h6-7,9,13H,3-5,8H2,1-2H3,(H,17,19). The molecule has 1 unspecified atom stereocenters. The lowest BCUT2D eigenvalue weighted by Crippen LogP contribution is -2.46. The van der Waals surface area contributed by atoms with Gasteiger partial charge >= 0.3 is 5.69 Å². The molecule has 1 amide bonds. The highest BCUT2D eigenvalue weighted by molar-refractivity contribution is 5.94. The number of carbonyl (C=O) groups is 1. The zero-order valence-corrected chi connectivity index (χ0v) is 12.2. The predicted octanol–water partition coefficient (Wildman–Crippen LogP) is 3.43. The van der Waals surface area contributed by atoms with Crippen molar-refractivity contribution in [1.82, 2.24) is 5.32 Å². The van der Waals surface area contributed by atoms with Crippen molar-refractivity contribution >= 4 is 11.6 Å². The summed E-state index contributed by atoms with van der Waals surface area (Å²) in [7, 11) is 0. The fraction of sp³-hybridized carbons (Fsp3) is 0.533. The Balaban J connectivity index is 2.13.